The maximum atomic E-state index is 13.1. The molecule has 2 amide bonds. The minimum absolute atomic E-state index is 0.0755. The first-order valence-electron chi connectivity index (χ1n) is 12.1. The minimum atomic E-state index is -0.0813. The van der Waals surface area contributed by atoms with E-state index in [2.05, 4.69) is 22.5 Å². The highest BCUT2D eigenvalue weighted by molar-refractivity contribution is 5.94. The third-order valence-corrected chi connectivity index (χ3v) is 7.46. The van der Waals surface area contributed by atoms with E-state index in [0.29, 0.717) is 24.6 Å². The smallest absolute Gasteiger partial charge is 0.253 e. The van der Waals surface area contributed by atoms with Crippen LogP contribution in [0.4, 0.5) is 5.82 Å². The van der Waals surface area contributed by atoms with Crippen LogP contribution in [0.15, 0.2) is 36.5 Å². The van der Waals surface area contributed by atoms with Gasteiger partial charge >= 0.3 is 0 Å². The Bertz CT molecular complexity index is 1030. The van der Waals surface area contributed by atoms with Gasteiger partial charge in [0.15, 0.2) is 0 Å². The van der Waals surface area contributed by atoms with E-state index in [1.165, 1.54) is 36.8 Å². The zero-order valence-electron chi connectivity index (χ0n) is 18.4. The molecule has 6 heteroatoms. The van der Waals surface area contributed by atoms with Crippen molar-refractivity contribution in [2.24, 2.45) is 0 Å². The molecule has 0 radical (unpaired) electrons. The lowest BCUT2D eigenvalue weighted by molar-refractivity contribution is -0.120. The number of amides is 2. The highest BCUT2D eigenvalue weighted by Gasteiger charge is 2.33. The Balaban J connectivity index is 1.11. The fourth-order valence-corrected chi connectivity index (χ4v) is 5.16. The molecule has 4 aliphatic rings. The highest BCUT2D eigenvalue weighted by atomic mass is 16.2. The summed E-state index contributed by atoms with van der Waals surface area (Å²) in [5, 5.41) is 2.88. The molecule has 0 bridgehead atoms. The van der Waals surface area contributed by atoms with Gasteiger partial charge in [0.2, 0.25) is 5.91 Å². The summed E-state index contributed by atoms with van der Waals surface area (Å²) in [5.74, 6) is 2.63. The number of nitrogens with one attached hydrogen (secondary N) is 1. The number of hydrogen-bond donors (Lipinski definition) is 1. The van der Waals surface area contributed by atoms with Crippen molar-refractivity contribution in [3.8, 4) is 0 Å². The average Bonchev–Trinajstić information content (AvgIpc) is 3.76. The van der Waals surface area contributed by atoms with Crippen molar-refractivity contribution in [2.75, 3.05) is 37.6 Å². The lowest BCUT2D eigenvalue weighted by Crippen LogP contribution is -2.49. The molecule has 0 spiro atoms. The second kappa shape index (κ2) is 7.91. The quantitative estimate of drug-likeness (QED) is 0.790. The molecule has 6 nitrogen and oxygen atoms in total. The summed E-state index contributed by atoms with van der Waals surface area (Å²) in [5.41, 5.74) is 4.55. The normalized spacial score (nSPS) is 23.4. The summed E-state index contributed by atoms with van der Waals surface area (Å²) in [7, 11) is 0. The Labute approximate surface area is 189 Å². The van der Waals surface area contributed by atoms with E-state index in [-0.39, 0.29) is 17.7 Å². The van der Waals surface area contributed by atoms with Crippen LogP contribution in [-0.4, -0.2) is 54.4 Å². The Kier molecular flexibility index (Phi) is 4.89. The number of piperazine rings is 1. The van der Waals surface area contributed by atoms with Crippen LogP contribution >= 0.6 is 0 Å². The largest absolute Gasteiger partial charge is 0.356 e. The van der Waals surface area contributed by atoms with Gasteiger partial charge in [-0.1, -0.05) is 18.2 Å². The Hall–Kier alpha value is -2.89. The second-order valence-corrected chi connectivity index (χ2v) is 9.76. The summed E-state index contributed by atoms with van der Waals surface area (Å²) >= 11 is 0. The van der Waals surface area contributed by atoms with Crippen molar-refractivity contribution in [3.05, 3.63) is 58.8 Å². The number of benzene rings is 1. The van der Waals surface area contributed by atoms with Crippen LogP contribution in [0.5, 0.6) is 0 Å². The molecule has 4 fully saturated rings. The predicted molar refractivity (Wildman–Crippen MR) is 123 cm³/mol. The Morgan fingerprint density at radius 2 is 1.62 bits per heavy atom. The molecule has 1 N–H and O–H groups in total. The number of pyridine rings is 1. The molecule has 6 rings (SSSR count). The molecule has 32 heavy (non-hydrogen) atoms. The first-order valence-corrected chi connectivity index (χ1v) is 12.1. The van der Waals surface area contributed by atoms with E-state index in [1.54, 1.807) is 0 Å². The molecule has 166 valence electrons. The van der Waals surface area contributed by atoms with Gasteiger partial charge < -0.3 is 15.1 Å². The third kappa shape index (κ3) is 3.76. The number of anilines is 1. The SMILES string of the molecule is O=C1NCCC1c1ccc(C(=O)N2CCN(c3ncc(C4CC4)cc3C3CC3)CC2)cc1. The van der Waals surface area contributed by atoms with Crippen LogP contribution in [0.25, 0.3) is 0 Å². The first-order chi connectivity index (χ1) is 15.7. The number of carbonyl (C=O) groups excluding carboxylic acids is 2. The molecule has 2 aliphatic heterocycles. The number of carbonyl (C=O) groups is 2. The molecule has 2 aromatic rings. The molecular weight excluding hydrogens is 400 g/mol. The topological polar surface area (TPSA) is 65.5 Å². The van der Waals surface area contributed by atoms with E-state index in [0.717, 1.165) is 43.4 Å². The van der Waals surface area contributed by atoms with Gasteiger partial charge in [0, 0.05) is 44.5 Å². The molecule has 2 saturated heterocycles. The van der Waals surface area contributed by atoms with Gasteiger partial charge in [-0.15, -0.1) is 0 Å². The monoisotopic (exact) mass is 430 g/mol. The molecule has 2 aliphatic carbocycles. The van der Waals surface area contributed by atoms with E-state index in [4.69, 9.17) is 4.98 Å². The van der Waals surface area contributed by atoms with Crippen LogP contribution in [-0.2, 0) is 4.79 Å². The predicted octanol–water partition coefficient (Wildman–Crippen LogP) is 3.40. The maximum Gasteiger partial charge on any atom is 0.253 e. The Morgan fingerprint density at radius 3 is 2.25 bits per heavy atom. The van der Waals surface area contributed by atoms with Gasteiger partial charge in [0.25, 0.3) is 5.91 Å². The number of nitrogens with zero attached hydrogens (tertiary/aromatic N) is 3. The molecule has 1 atom stereocenters. The van der Waals surface area contributed by atoms with Crippen LogP contribution in [0.3, 0.4) is 0 Å². The lowest BCUT2D eigenvalue weighted by Gasteiger charge is -2.36. The third-order valence-electron chi connectivity index (χ3n) is 7.46. The van der Waals surface area contributed by atoms with Crippen molar-refractivity contribution in [1.29, 1.82) is 0 Å². The van der Waals surface area contributed by atoms with Crippen molar-refractivity contribution in [2.45, 2.75) is 49.9 Å². The fraction of sp³-hybridized carbons (Fsp3) is 0.500. The molecular formula is C26H30N4O2. The van der Waals surface area contributed by atoms with Gasteiger partial charge in [0.05, 0.1) is 5.92 Å². The van der Waals surface area contributed by atoms with Crippen LogP contribution < -0.4 is 10.2 Å². The van der Waals surface area contributed by atoms with E-state index < -0.39 is 0 Å². The molecule has 3 heterocycles. The molecule has 1 aromatic heterocycles. The second-order valence-electron chi connectivity index (χ2n) is 9.76. The number of aromatic nitrogens is 1. The van der Waals surface area contributed by atoms with E-state index >= 15 is 0 Å². The number of rotatable bonds is 5. The van der Waals surface area contributed by atoms with Gasteiger partial charge in [-0.25, -0.2) is 4.98 Å². The Morgan fingerprint density at radius 1 is 0.906 bits per heavy atom. The van der Waals surface area contributed by atoms with Crippen molar-refractivity contribution in [3.63, 3.8) is 0 Å². The van der Waals surface area contributed by atoms with Crippen LogP contribution in [0.2, 0.25) is 0 Å². The average molecular weight is 431 g/mol. The van der Waals surface area contributed by atoms with Gasteiger partial charge in [0.1, 0.15) is 5.82 Å². The summed E-state index contributed by atoms with van der Waals surface area (Å²) in [4.78, 5) is 34.2. The van der Waals surface area contributed by atoms with Crippen LogP contribution in [0.1, 0.15) is 76.9 Å². The van der Waals surface area contributed by atoms with Crippen LogP contribution in [0, 0.1) is 0 Å². The minimum Gasteiger partial charge on any atom is -0.356 e. The zero-order valence-corrected chi connectivity index (χ0v) is 18.4. The summed E-state index contributed by atoms with van der Waals surface area (Å²) < 4.78 is 0. The lowest BCUT2D eigenvalue weighted by atomic mass is 9.96. The summed E-state index contributed by atoms with van der Waals surface area (Å²) in [6, 6.07) is 10.0. The highest BCUT2D eigenvalue weighted by Crippen LogP contribution is 2.47. The molecule has 1 aromatic carbocycles. The summed E-state index contributed by atoms with van der Waals surface area (Å²) in [6.45, 7) is 3.79. The first kappa shape index (κ1) is 19.8. The fourth-order valence-electron chi connectivity index (χ4n) is 5.16. The summed E-state index contributed by atoms with van der Waals surface area (Å²) in [6.07, 6.45) is 8.08. The van der Waals surface area contributed by atoms with Crippen molar-refractivity contribution >= 4 is 17.6 Å². The van der Waals surface area contributed by atoms with E-state index in [1.807, 2.05) is 29.2 Å². The van der Waals surface area contributed by atoms with Gasteiger partial charge in [-0.3, -0.25) is 9.59 Å². The van der Waals surface area contributed by atoms with E-state index in [9.17, 15) is 9.59 Å². The van der Waals surface area contributed by atoms with Gasteiger partial charge in [-0.2, -0.15) is 0 Å². The standard InChI is InChI=1S/C26H30N4O2/c31-25-22(9-10-27-25)18-5-7-20(8-6-18)26(32)30-13-11-29(12-14-30)24-23(19-3-4-19)15-21(16-28-24)17-1-2-17/h5-8,15-17,19,22H,1-4,9-14H2,(H,27,31). The number of hydrogen-bond acceptors (Lipinski definition) is 4. The maximum absolute atomic E-state index is 13.1. The zero-order chi connectivity index (χ0) is 21.7. The van der Waals surface area contributed by atoms with Gasteiger partial charge in [-0.05, 0) is 72.8 Å². The molecule has 1 unspecified atom stereocenters. The van der Waals surface area contributed by atoms with Crippen molar-refractivity contribution < 1.29 is 9.59 Å². The molecule has 2 saturated carbocycles. The van der Waals surface area contributed by atoms with Crippen molar-refractivity contribution in [1.82, 2.24) is 15.2 Å².